The van der Waals surface area contributed by atoms with Crippen LogP contribution in [0.5, 0.6) is 0 Å². The maximum absolute atomic E-state index is 12.5. The van der Waals surface area contributed by atoms with Gasteiger partial charge in [-0.05, 0) is 31.7 Å². The number of sulfone groups is 1. The molecule has 3 nitrogen and oxygen atoms in total. The molecule has 2 atom stereocenters. The van der Waals surface area contributed by atoms with E-state index in [2.05, 4.69) is 26.1 Å². The first-order valence-electron chi connectivity index (χ1n) is 7.96. The van der Waals surface area contributed by atoms with E-state index < -0.39 is 9.84 Å². The molecule has 0 aliphatic heterocycles. The van der Waals surface area contributed by atoms with Gasteiger partial charge < -0.3 is 5.32 Å². The molecular formula is C15H31NO2S. The minimum atomic E-state index is -2.93. The molecule has 0 aromatic rings. The van der Waals surface area contributed by atoms with Crippen LogP contribution in [0.2, 0.25) is 0 Å². The Bertz CT molecular complexity index is 334. The molecule has 0 radical (unpaired) electrons. The van der Waals surface area contributed by atoms with E-state index in [0.717, 1.165) is 45.1 Å². The molecule has 0 bridgehead atoms. The Kier molecular flexibility index (Phi) is 7.37. The van der Waals surface area contributed by atoms with Crippen molar-refractivity contribution in [2.75, 3.05) is 12.3 Å². The van der Waals surface area contributed by atoms with E-state index in [1.54, 1.807) is 0 Å². The summed E-state index contributed by atoms with van der Waals surface area (Å²) in [6.07, 6.45) is 7.21. The molecule has 1 N–H and O–H groups in total. The van der Waals surface area contributed by atoms with Crippen LogP contribution in [0.15, 0.2) is 0 Å². The quantitative estimate of drug-likeness (QED) is 0.746. The van der Waals surface area contributed by atoms with E-state index in [-0.39, 0.29) is 11.3 Å². The minimum absolute atomic E-state index is 0.0729. The third-order valence-electron chi connectivity index (χ3n) is 4.46. The fourth-order valence-corrected chi connectivity index (χ4v) is 5.12. The first-order valence-corrected chi connectivity index (χ1v) is 9.67. The zero-order valence-corrected chi connectivity index (χ0v) is 13.6. The van der Waals surface area contributed by atoms with Crippen LogP contribution in [0.1, 0.15) is 65.7 Å². The molecule has 0 aromatic carbocycles. The molecule has 0 spiro atoms. The maximum atomic E-state index is 12.5. The second kappa shape index (κ2) is 8.25. The monoisotopic (exact) mass is 289 g/mol. The van der Waals surface area contributed by atoms with Crippen molar-refractivity contribution in [3.05, 3.63) is 0 Å². The topological polar surface area (TPSA) is 46.2 Å². The highest BCUT2D eigenvalue weighted by atomic mass is 32.2. The van der Waals surface area contributed by atoms with E-state index >= 15 is 0 Å². The fraction of sp³-hybridized carbons (Fsp3) is 1.00. The molecule has 1 rings (SSSR count). The third kappa shape index (κ3) is 5.42. The normalized spacial score (nSPS) is 21.2. The van der Waals surface area contributed by atoms with Crippen LogP contribution in [0, 0.1) is 5.92 Å². The molecule has 2 unspecified atom stereocenters. The summed E-state index contributed by atoms with van der Waals surface area (Å²) in [4.78, 5) is 0. The van der Waals surface area contributed by atoms with Gasteiger partial charge in [0.1, 0.15) is 0 Å². The third-order valence-corrected chi connectivity index (χ3v) is 6.77. The van der Waals surface area contributed by atoms with Crippen molar-refractivity contribution in [2.24, 2.45) is 5.92 Å². The average Bonchev–Trinajstić information content (AvgIpc) is 2.43. The molecule has 1 aliphatic carbocycles. The summed E-state index contributed by atoms with van der Waals surface area (Å²) < 4.78 is 25.1. The van der Waals surface area contributed by atoms with Gasteiger partial charge in [0.15, 0.2) is 9.84 Å². The highest BCUT2D eigenvalue weighted by Gasteiger charge is 2.31. The summed E-state index contributed by atoms with van der Waals surface area (Å²) >= 11 is 0. The van der Waals surface area contributed by atoms with Gasteiger partial charge in [0.2, 0.25) is 0 Å². The Hall–Kier alpha value is -0.0900. The second-order valence-corrected chi connectivity index (χ2v) is 8.36. The fourth-order valence-electron chi connectivity index (χ4n) is 2.85. The van der Waals surface area contributed by atoms with Crippen molar-refractivity contribution in [3.63, 3.8) is 0 Å². The first-order chi connectivity index (χ1) is 9.01. The van der Waals surface area contributed by atoms with Crippen LogP contribution < -0.4 is 5.32 Å². The lowest BCUT2D eigenvalue weighted by Gasteiger charge is -2.28. The Balaban J connectivity index is 2.64. The van der Waals surface area contributed by atoms with Gasteiger partial charge in [0.05, 0.1) is 11.0 Å². The van der Waals surface area contributed by atoms with Crippen molar-refractivity contribution >= 4 is 9.84 Å². The molecule has 0 saturated heterocycles. The van der Waals surface area contributed by atoms with Gasteiger partial charge in [0, 0.05) is 6.04 Å². The summed E-state index contributed by atoms with van der Waals surface area (Å²) in [6, 6.07) is 0.122. The predicted molar refractivity (Wildman–Crippen MR) is 82.2 cm³/mol. The molecule has 114 valence electrons. The van der Waals surface area contributed by atoms with Crippen molar-refractivity contribution in [1.82, 2.24) is 5.32 Å². The van der Waals surface area contributed by atoms with E-state index in [1.165, 1.54) is 6.42 Å². The van der Waals surface area contributed by atoms with Gasteiger partial charge in [0.25, 0.3) is 0 Å². The number of hydrogen-bond acceptors (Lipinski definition) is 3. The molecular weight excluding hydrogens is 258 g/mol. The number of hydrogen-bond donors (Lipinski definition) is 1. The van der Waals surface area contributed by atoms with Gasteiger partial charge in [-0.15, -0.1) is 0 Å². The molecule has 4 heteroatoms. The summed E-state index contributed by atoms with van der Waals surface area (Å²) in [5, 5.41) is 3.36. The van der Waals surface area contributed by atoms with Gasteiger partial charge in [-0.1, -0.05) is 46.5 Å². The van der Waals surface area contributed by atoms with Crippen LogP contribution in [-0.4, -0.2) is 32.0 Å². The van der Waals surface area contributed by atoms with Crippen molar-refractivity contribution < 1.29 is 8.42 Å². The zero-order valence-electron chi connectivity index (χ0n) is 12.8. The Morgan fingerprint density at radius 3 is 2.32 bits per heavy atom. The summed E-state index contributed by atoms with van der Waals surface area (Å²) in [5.41, 5.74) is 0. The van der Waals surface area contributed by atoms with E-state index in [9.17, 15) is 8.42 Å². The number of rotatable bonds is 8. The van der Waals surface area contributed by atoms with Crippen molar-refractivity contribution in [1.29, 1.82) is 0 Å². The van der Waals surface area contributed by atoms with Crippen LogP contribution >= 0.6 is 0 Å². The predicted octanol–water partition coefficient (Wildman–Crippen LogP) is 3.15. The van der Waals surface area contributed by atoms with Crippen LogP contribution in [0.3, 0.4) is 0 Å². The highest BCUT2D eigenvalue weighted by Crippen LogP contribution is 2.25. The zero-order chi connectivity index (χ0) is 14.3. The summed E-state index contributed by atoms with van der Waals surface area (Å²) in [6.45, 7) is 7.33. The second-order valence-electron chi connectivity index (χ2n) is 6.04. The molecule has 0 heterocycles. The largest absolute Gasteiger partial charge is 0.313 e. The van der Waals surface area contributed by atoms with Crippen molar-refractivity contribution in [3.8, 4) is 0 Å². The van der Waals surface area contributed by atoms with Crippen LogP contribution in [-0.2, 0) is 9.84 Å². The Morgan fingerprint density at radius 2 is 1.79 bits per heavy atom. The van der Waals surface area contributed by atoms with E-state index in [1.807, 2.05) is 0 Å². The minimum Gasteiger partial charge on any atom is -0.313 e. The molecule has 0 amide bonds. The average molecular weight is 289 g/mol. The lowest BCUT2D eigenvalue weighted by Crippen LogP contribution is -2.43. The Labute approximate surface area is 119 Å². The smallest absolute Gasteiger partial charge is 0.154 e. The molecule has 1 aliphatic rings. The number of nitrogens with one attached hydrogen (secondary N) is 1. The Morgan fingerprint density at radius 1 is 1.16 bits per heavy atom. The maximum Gasteiger partial charge on any atom is 0.154 e. The standard InChI is InChI=1S/C15H31NO2S/c1-4-11-16-15(13(3)5-2)12-19(17,18)14-9-7-6-8-10-14/h13-16H,4-12H2,1-3H3. The summed E-state index contributed by atoms with van der Waals surface area (Å²) in [7, 11) is -2.93. The van der Waals surface area contributed by atoms with E-state index in [4.69, 9.17) is 0 Å². The summed E-state index contributed by atoms with van der Waals surface area (Å²) in [5.74, 6) is 0.747. The highest BCUT2D eigenvalue weighted by molar-refractivity contribution is 7.92. The van der Waals surface area contributed by atoms with Crippen LogP contribution in [0.4, 0.5) is 0 Å². The SMILES string of the molecule is CCCNC(CS(=O)(=O)C1CCCCC1)C(C)CC. The van der Waals surface area contributed by atoms with Gasteiger partial charge in [-0.25, -0.2) is 8.42 Å². The lowest BCUT2D eigenvalue weighted by atomic mass is 10.0. The first kappa shape index (κ1) is 17.0. The van der Waals surface area contributed by atoms with Gasteiger partial charge >= 0.3 is 0 Å². The lowest BCUT2D eigenvalue weighted by molar-refractivity contribution is 0.387. The van der Waals surface area contributed by atoms with Crippen molar-refractivity contribution in [2.45, 2.75) is 77.0 Å². The van der Waals surface area contributed by atoms with Gasteiger partial charge in [-0.3, -0.25) is 0 Å². The molecule has 0 aromatic heterocycles. The molecule has 1 fully saturated rings. The van der Waals surface area contributed by atoms with Gasteiger partial charge in [-0.2, -0.15) is 0 Å². The molecule has 19 heavy (non-hydrogen) atoms. The van der Waals surface area contributed by atoms with Crippen LogP contribution in [0.25, 0.3) is 0 Å². The van der Waals surface area contributed by atoms with E-state index in [0.29, 0.717) is 11.7 Å². The molecule has 1 saturated carbocycles.